The summed E-state index contributed by atoms with van der Waals surface area (Å²) in [6.07, 6.45) is 0.833. The highest BCUT2D eigenvalue weighted by molar-refractivity contribution is 5.85. The summed E-state index contributed by atoms with van der Waals surface area (Å²) in [6, 6.07) is 9.35. The highest BCUT2D eigenvalue weighted by atomic mass is 16.6. The highest BCUT2D eigenvalue weighted by Crippen LogP contribution is 2.28. The predicted octanol–water partition coefficient (Wildman–Crippen LogP) is 2.59. The van der Waals surface area contributed by atoms with Gasteiger partial charge in [0.2, 0.25) is 5.91 Å². The van der Waals surface area contributed by atoms with Gasteiger partial charge in [-0.1, -0.05) is 30.3 Å². The molecule has 0 N–H and O–H groups in total. The van der Waals surface area contributed by atoms with Gasteiger partial charge in [-0.25, -0.2) is 4.79 Å². The number of amides is 2. The fourth-order valence-corrected chi connectivity index (χ4v) is 3.62. The van der Waals surface area contributed by atoms with Crippen molar-refractivity contribution >= 4 is 18.0 Å². The van der Waals surface area contributed by atoms with Crippen LogP contribution in [0.4, 0.5) is 4.79 Å². The van der Waals surface area contributed by atoms with Crippen molar-refractivity contribution in [2.75, 3.05) is 19.6 Å². The number of carbonyl (C=O) groups excluding carboxylic acids is 3. The summed E-state index contributed by atoms with van der Waals surface area (Å²) in [4.78, 5) is 40.5. The van der Waals surface area contributed by atoms with Gasteiger partial charge < -0.3 is 14.4 Å². The third-order valence-corrected chi connectivity index (χ3v) is 4.99. The van der Waals surface area contributed by atoms with Crippen LogP contribution in [0.3, 0.4) is 0 Å². The maximum absolute atomic E-state index is 12.6. The van der Waals surface area contributed by atoms with Gasteiger partial charge >= 0.3 is 12.1 Å². The molecule has 2 aliphatic rings. The molecule has 0 unspecified atom stereocenters. The Morgan fingerprint density at radius 1 is 1.11 bits per heavy atom. The Morgan fingerprint density at radius 2 is 1.82 bits per heavy atom. The number of hydrogen-bond donors (Lipinski definition) is 0. The first-order chi connectivity index (χ1) is 13.2. The fourth-order valence-electron chi connectivity index (χ4n) is 3.62. The van der Waals surface area contributed by atoms with Crippen molar-refractivity contribution in [3.8, 4) is 0 Å². The summed E-state index contributed by atoms with van der Waals surface area (Å²) in [5, 5.41) is 0. The average Bonchev–Trinajstić information content (AvgIpc) is 2.65. The lowest BCUT2D eigenvalue weighted by Gasteiger charge is -2.45. The predicted molar refractivity (Wildman–Crippen MR) is 102 cm³/mol. The fraction of sp³-hybridized carbons (Fsp3) is 0.571. The minimum atomic E-state index is -0.543. The second-order valence-electron chi connectivity index (χ2n) is 8.43. The third kappa shape index (κ3) is 5.03. The van der Waals surface area contributed by atoms with Crippen LogP contribution in [0.25, 0.3) is 0 Å². The lowest BCUT2D eigenvalue weighted by Crippen LogP contribution is -2.61. The van der Waals surface area contributed by atoms with Crippen molar-refractivity contribution in [2.45, 2.75) is 51.9 Å². The number of nitrogens with zero attached hydrogens (tertiary/aromatic N) is 2. The van der Waals surface area contributed by atoms with E-state index in [1.54, 1.807) is 4.90 Å². The van der Waals surface area contributed by atoms with Gasteiger partial charge in [0, 0.05) is 19.1 Å². The zero-order valence-electron chi connectivity index (χ0n) is 16.7. The topological polar surface area (TPSA) is 76.1 Å². The molecule has 28 heavy (non-hydrogen) atoms. The van der Waals surface area contributed by atoms with E-state index >= 15 is 0 Å². The van der Waals surface area contributed by atoms with E-state index in [0.717, 1.165) is 5.56 Å². The molecule has 0 radical (unpaired) electrons. The van der Waals surface area contributed by atoms with E-state index in [0.29, 0.717) is 25.9 Å². The zero-order chi connectivity index (χ0) is 20.3. The van der Waals surface area contributed by atoms with Gasteiger partial charge in [-0.15, -0.1) is 0 Å². The summed E-state index contributed by atoms with van der Waals surface area (Å²) >= 11 is 0. The number of rotatable bonds is 3. The molecule has 2 aliphatic heterocycles. The van der Waals surface area contributed by atoms with E-state index < -0.39 is 11.7 Å². The van der Waals surface area contributed by atoms with Gasteiger partial charge in [0.25, 0.3) is 0 Å². The van der Waals surface area contributed by atoms with E-state index in [9.17, 15) is 14.4 Å². The summed E-state index contributed by atoms with van der Waals surface area (Å²) in [7, 11) is 0. The molecule has 152 valence electrons. The molecule has 1 aromatic rings. The second-order valence-corrected chi connectivity index (χ2v) is 8.43. The Bertz CT molecular complexity index is 728. The Labute approximate surface area is 165 Å². The number of piperazine rings is 1. The standard InChI is InChI=1S/C21H28N2O5/c1-21(2,3)28-19(25)16-9-10-17-12-22(13-18(24)23(17)11-16)20(26)27-14-15-7-5-4-6-8-15/h4-8,16-17H,9-14H2,1-3H3/t16-,17+/m0/s1. The van der Waals surface area contributed by atoms with Crippen molar-refractivity contribution < 1.29 is 23.9 Å². The Kier molecular flexibility index (Phi) is 5.91. The molecular weight excluding hydrogens is 360 g/mol. The van der Waals surface area contributed by atoms with Crippen molar-refractivity contribution in [1.82, 2.24) is 9.80 Å². The van der Waals surface area contributed by atoms with Gasteiger partial charge in [-0.2, -0.15) is 0 Å². The van der Waals surface area contributed by atoms with Crippen LogP contribution < -0.4 is 0 Å². The molecule has 2 fully saturated rings. The molecule has 3 rings (SSSR count). The smallest absolute Gasteiger partial charge is 0.410 e. The van der Waals surface area contributed by atoms with E-state index in [1.807, 2.05) is 51.1 Å². The second kappa shape index (κ2) is 8.20. The molecular formula is C21H28N2O5. The van der Waals surface area contributed by atoms with E-state index in [2.05, 4.69) is 0 Å². The van der Waals surface area contributed by atoms with Gasteiger partial charge in [-0.3, -0.25) is 14.5 Å². The van der Waals surface area contributed by atoms with Crippen LogP contribution in [0, 0.1) is 5.92 Å². The van der Waals surface area contributed by atoms with Crippen molar-refractivity contribution in [2.24, 2.45) is 5.92 Å². The number of fused-ring (bicyclic) bond motifs is 1. The Morgan fingerprint density at radius 3 is 2.50 bits per heavy atom. The minimum Gasteiger partial charge on any atom is -0.460 e. The largest absolute Gasteiger partial charge is 0.460 e. The van der Waals surface area contributed by atoms with Gasteiger partial charge in [0.15, 0.2) is 0 Å². The summed E-state index contributed by atoms with van der Waals surface area (Å²) in [5.41, 5.74) is 0.359. The van der Waals surface area contributed by atoms with Crippen LogP contribution in [0.1, 0.15) is 39.2 Å². The molecule has 0 saturated carbocycles. The first kappa shape index (κ1) is 20.2. The number of esters is 1. The lowest BCUT2D eigenvalue weighted by molar-refractivity contribution is -0.164. The number of piperidine rings is 1. The number of benzene rings is 1. The van der Waals surface area contributed by atoms with Gasteiger partial charge in [0.1, 0.15) is 18.8 Å². The molecule has 2 atom stereocenters. The minimum absolute atomic E-state index is 0.0227. The Balaban J connectivity index is 1.54. The monoisotopic (exact) mass is 388 g/mol. The molecule has 0 aliphatic carbocycles. The summed E-state index contributed by atoms with van der Waals surface area (Å²) < 4.78 is 10.8. The average molecular weight is 388 g/mol. The molecule has 0 aromatic heterocycles. The van der Waals surface area contributed by atoms with Gasteiger partial charge in [0.05, 0.1) is 5.92 Å². The van der Waals surface area contributed by atoms with Crippen molar-refractivity contribution in [3.05, 3.63) is 35.9 Å². The van der Waals surface area contributed by atoms with Crippen molar-refractivity contribution in [1.29, 1.82) is 0 Å². The third-order valence-electron chi connectivity index (χ3n) is 4.99. The molecule has 7 nitrogen and oxygen atoms in total. The first-order valence-electron chi connectivity index (χ1n) is 9.71. The summed E-state index contributed by atoms with van der Waals surface area (Å²) in [6.45, 7) is 6.45. The van der Waals surface area contributed by atoms with E-state index in [4.69, 9.17) is 9.47 Å². The normalized spacial score (nSPS) is 22.5. The lowest BCUT2D eigenvalue weighted by atomic mass is 9.91. The van der Waals surface area contributed by atoms with Crippen LogP contribution in [-0.2, 0) is 25.7 Å². The molecule has 2 saturated heterocycles. The zero-order valence-corrected chi connectivity index (χ0v) is 16.7. The maximum Gasteiger partial charge on any atom is 0.410 e. The number of carbonyl (C=O) groups is 3. The molecule has 2 amide bonds. The highest BCUT2D eigenvalue weighted by Gasteiger charge is 2.41. The first-order valence-corrected chi connectivity index (χ1v) is 9.71. The molecule has 0 spiro atoms. The molecule has 2 heterocycles. The SMILES string of the molecule is CC(C)(C)OC(=O)[C@H]1CC[C@@H]2CN(C(=O)OCc3ccccc3)CC(=O)N2C1. The van der Waals surface area contributed by atoms with Crippen molar-refractivity contribution in [3.63, 3.8) is 0 Å². The molecule has 0 bridgehead atoms. The molecule has 1 aromatic carbocycles. The van der Waals surface area contributed by atoms with E-state index in [-0.39, 0.29) is 37.0 Å². The quantitative estimate of drug-likeness (QED) is 0.744. The van der Waals surface area contributed by atoms with Gasteiger partial charge in [-0.05, 0) is 39.2 Å². The number of hydrogen-bond acceptors (Lipinski definition) is 5. The van der Waals surface area contributed by atoms with Crippen LogP contribution in [0.15, 0.2) is 30.3 Å². The van der Waals surface area contributed by atoms with Crippen LogP contribution in [-0.4, -0.2) is 59.0 Å². The van der Waals surface area contributed by atoms with Crippen LogP contribution >= 0.6 is 0 Å². The number of ether oxygens (including phenoxy) is 2. The Hall–Kier alpha value is -2.57. The van der Waals surface area contributed by atoms with Crippen LogP contribution in [0.2, 0.25) is 0 Å². The maximum atomic E-state index is 12.6. The molecule has 7 heteroatoms. The summed E-state index contributed by atoms with van der Waals surface area (Å²) in [5.74, 6) is -0.722. The van der Waals surface area contributed by atoms with Crippen LogP contribution in [0.5, 0.6) is 0 Å². The van der Waals surface area contributed by atoms with E-state index in [1.165, 1.54) is 4.90 Å².